The molecule has 1 atom stereocenters. The molecule has 0 saturated carbocycles. The second-order valence-corrected chi connectivity index (χ2v) is 6.81. The van der Waals surface area contributed by atoms with Gasteiger partial charge < -0.3 is 10.0 Å². The molecule has 0 fully saturated rings. The van der Waals surface area contributed by atoms with E-state index in [9.17, 15) is 9.90 Å². The van der Waals surface area contributed by atoms with Crippen molar-refractivity contribution < 1.29 is 9.90 Å². The minimum Gasteiger partial charge on any atom is -0.386 e. The third-order valence-electron chi connectivity index (χ3n) is 4.59. The largest absolute Gasteiger partial charge is 0.386 e. The van der Waals surface area contributed by atoms with E-state index in [1.54, 1.807) is 14.1 Å². The van der Waals surface area contributed by atoms with Crippen molar-refractivity contribution in [1.82, 2.24) is 19.6 Å². The van der Waals surface area contributed by atoms with Crippen molar-refractivity contribution in [2.24, 2.45) is 0 Å². The first kappa shape index (κ1) is 18.1. The van der Waals surface area contributed by atoms with Crippen LogP contribution in [0.15, 0.2) is 30.3 Å². The summed E-state index contributed by atoms with van der Waals surface area (Å²) in [6.07, 6.45) is -0.840. The van der Waals surface area contributed by atoms with E-state index in [0.717, 1.165) is 37.4 Å². The van der Waals surface area contributed by atoms with Gasteiger partial charge >= 0.3 is 0 Å². The average Bonchev–Trinajstić information content (AvgIpc) is 3.05. The fourth-order valence-electron chi connectivity index (χ4n) is 3.04. The molecule has 7 nitrogen and oxygen atoms in total. The minimum absolute atomic E-state index is 0.0401. The highest BCUT2D eigenvalue weighted by atomic mass is 16.3. The van der Waals surface area contributed by atoms with Crippen LogP contribution in [0, 0.1) is 11.3 Å². The molecule has 0 unspecified atom stereocenters. The summed E-state index contributed by atoms with van der Waals surface area (Å²) in [4.78, 5) is 15.5. The van der Waals surface area contributed by atoms with Crippen molar-refractivity contribution in [3.8, 4) is 6.07 Å². The molecule has 0 bridgehead atoms. The number of aromatic nitrogens is 2. The highest BCUT2D eigenvalue weighted by Gasteiger charge is 2.23. The number of benzene rings is 1. The number of hydrogen-bond acceptors (Lipinski definition) is 5. The van der Waals surface area contributed by atoms with Gasteiger partial charge in [0.05, 0.1) is 36.0 Å². The van der Waals surface area contributed by atoms with E-state index in [2.05, 4.69) is 16.1 Å². The van der Waals surface area contributed by atoms with Crippen LogP contribution in [0.25, 0.3) is 0 Å². The Balaban J connectivity index is 1.64. The highest BCUT2D eigenvalue weighted by molar-refractivity contribution is 5.76. The van der Waals surface area contributed by atoms with Gasteiger partial charge in [-0.1, -0.05) is 12.1 Å². The lowest BCUT2D eigenvalue weighted by Gasteiger charge is -2.27. The molecule has 0 radical (unpaired) electrons. The summed E-state index contributed by atoms with van der Waals surface area (Å²) in [5.41, 5.74) is 3.41. The molecule has 2 aromatic rings. The Hall–Kier alpha value is -2.69. The van der Waals surface area contributed by atoms with Gasteiger partial charge in [-0.05, 0) is 23.8 Å². The van der Waals surface area contributed by atoms with E-state index < -0.39 is 6.10 Å². The van der Waals surface area contributed by atoms with Crippen molar-refractivity contribution in [3.63, 3.8) is 0 Å². The molecule has 26 heavy (non-hydrogen) atoms. The number of nitriles is 1. The lowest BCUT2D eigenvalue weighted by atomic mass is 10.1. The molecule has 1 aromatic carbocycles. The molecular formula is C19H23N5O2. The van der Waals surface area contributed by atoms with Gasteiger partial charge in [0.15, 0.2) is 0 Å². The molecule has 0 saturated heterocycles. The highest BCUT2D eigenvalue weighted by Crippen LogP contribution is 2.22. The molecule has 1 aliphatic heterocycles. The Morgan fingerprint density at radius 2 is 2.08 bits per heavy atom. The van der Waals surface area contributed by atoms with Crippen LogP contribution in [0.3, 0.4) is 0 Å². The van der Waals surface area contributed by atoms with Crippen LogP contribution in [0.4, 0.5) is 0 Å². The number of carbonyl (C=O) groups is 1. The molecule has 1 aromatic heterocycles. The maximum Gasteiger partial charge on any atom is 0.225 e. The van der Waals surface area contributed by atoms with Crippen LogP contribution < -0.4 is 0 Å². The van der Waals surface area contributed by atoms with Crippen molar-refractivity contribution >= 4 is 5.91 Å². The summed E-state index contributed by atoms with van der Waals surface area (Å²) >= 11 is 0. The summed E-state index contributed by atoms with van der Waals surface area (Å²) in [6, 6.07) is 11.6. The number of aliphatic hydroxyl groups is 1. The first-order chi connectivity index (χ1) is 12.5. The quantitative estimate of drug-likeness (QED) is 0.875. The van der Waals surface area contributed by atoms with Crippen molar-refractivity contribution in [2.75, 3.05) is 20.6 Å². The molecule has 0 spiro atoms. The molecule has 7 heteroatoms. The van der Waals surface area contributed by atoms with Gasteiger partial charge in [0, 0.05) is 33.7 Å². The van der Waals surface area contributed by atoms with E-state index in [1.807, 2.05) is 35.0 Å². The predicted octanol–water partition coefficient (Wildman–Crippen LogP) is 1.28. The van der Waals surface area contributed by atoms with Gasteiger partial charge in [0.25, 0.3) is 0 Å². The number of fused-ring (bicyclic) bond motifs is 1. The van der Waals surface area contributed by atoms with Gasteiger partial charge in [-0.25, -0.2) is 0 Å². The van der Waals surface area contributed by atoms with Gasteiger partial charge in [-0.2, -0.15) is 10.4 Å². The maximum absolute atomic E-state index is 11.8. The maximum atomic E-state index is 11.8. The second-order valence-electron chi connectivity index (χ2n) is 6.81. The number of rotatable bonds is 5. The molecule has 0 aliphatic carbocycles. The number of nitrogens with zero attached hydrogens (tertiary/aromatic N) is 5. The molecule has 3 rings (SSSR count). The van der Waals surface area contributed by atoms with Crippen LogP contribution in [-0.2, 0) is 24.4 Å². The summed E-state index contributed by atoms with van der Waals surface area (Å²) < 4.78 is 1.91. The smallest absolute Gasteiger partial charge is 0.225 e. The van der Waals surface area contributed by atoms with Crippen LogP contribution in [0.2, 0.25) is 0 Å². The fraction of sp³-hybridized carbons (Fsp3) is 0.421. The lowest BCUT2D eigenvalue weighted by molar-refractivity contribution is -0.130. The Bertz CT molecular complexity index is 819. The van der Waals surface area contributed by atoms with Crippen LogP contribution in [0.1, 0.15) is 35.0 Å². The number of aliphatic hydroxyl groups excluding tert-OH is 1. The third kappa shape index (κ3) is 4.10. The summed E-state index contributed by atoms with van der Waals surface area (Å²) in [7, 11) is 3.35. The second kappa shape index (κ2) is 7.68. The average molecular weight is 353 g/mol. The van der Waals surface area contributed by atoms with Gasteiger partial charge in [-0.15, -0.1) is 0 Å². The Labute approximate surface area is 153 Å². The Kier molecular flexibility index (Phi) is 5.35. The van der Waals surface area contributed by atoms with Crippen molar-refractivity contribution in [3.05, 3.63) is 52.8 Å². The fourth-order valence-corrected chi connectivity index (χ4v) is 3.04. The molecule has 2 heterocycles. The predicted molar refractivity (Wildman–Crippen MR) is 95.8 cm³/mol. The van der Waals surface area contributed by atoms with Crippen LogP contribution in [-0.4, -0.2) is 51.2 Å². The molecule has 1 amide bonds. The number of carbonyl (C=O) groups excluding carboxylic acids is 1. The third-order valence-corrected chi connectivity index (χ3v) is 4.59. The van der Waals surface area contributed by atoms with Crippen molar-refractivity contribution in [1.29, 1.82) is 5.26 Å². The molecule has 1 N–H and O–H groups in total. The van der Waals surface area contributed by atoms with E-state index in [-0.39, 0.29) is 12.3 Å². The number of amides is 1. The van der Waals surface area contributed by atoms with E-state index in [1.165, 1.54) is 4.90 Å². The lowest BCUT2D eigenvalue weighted by Crippen LogP contribution is -2.33. The monoisotopic (exact) mass is 353 g/mol. The number of hydrogen-bond donors (Lipinski definition) is 1. The normalized spacial score (nSPS) is 15.2. The van der Waals surface area contributed by atoms with Crippen LogP contribution >= 0.6 is 0 Å². The first-order valence-electron chi connectivity index (χ1n) is 8.62. The van der Waals surface area contributed by atoms with Gasteiger partial charge in [-0.3, -0.25) is 14.4 Å². The summed E-state index contributed by atoms with van der Waals surface area (Å²) in [5.74, 6) is -0.120. The first-order valence-corrected chi connectivity index (χ1v) is 8.62. The standard InChI is InChI=1S/C19H23N5O2/c1-22(2)19(26)10-18(25)17-9-16-13-23(7-8-24(16)21-17)12-15-5-3-14(11-20)4-6-15/h3-6,9,18,25H,7-8,10,12-13H2,1-2H3/t18-/m0/s1. The molecular weight excluding hydrogens is 330 g/mol. The SMILES string of the molecule is CN(C)C(=O)C[C@H](O)c1cc2n(n1)CCN(Cc1ccc(C#N)cc1)C2. The minimum atomic E-state index is -0.880. The Morgan fingerprint density at radius 3 is 2.73 bits per heavy atom. The topological polar surface area (TPSA) is 85.4 Å². The summed E-state index contributed by atoms with van der Waals surface area (Å²) in [6.45, 7) is 3.15. The molecule has 136 valence electrons. The zero-order chi connectivity index (χ0) is 18.7. The Morgan fingerprint density at radius 1 is 1.35 bits per heavy atom. The van der Waals surface area contributed by atoms with Gasteiger partial charge in [0.1, 0.15) is 6.10 Å². The zero-order valence-corrected chi connectivity index (χ0v) is 15.1. The van der Waals surface area contributed by atoms with Crippen molar-refractivity contribution in [2.45, 2.75) is 32.2 Å². The van der Waals surface area contributed by atoms with E-state index >= 15 is 0 Å². The molecule has 1 aliphatic rings. The van der Waals surface area contributed by atoms with E-state index in [4.69, 9.17) is 5.26 Å². The van der Waals surface area contributed by atoms with Crippen LogP contribution in [0.5, 0.6) is 0 Å². The van der Waals surface area contributed by atoms with E-state index in [0.29, 0.717) is 11.3 Å². The van der Waals surface area contributed by atoms with Gasteiger partial charge in [0.2, 0.25) is 5.91 Å². The zero-order valence-electron chi connectivity index (χ0n) is 15.1. The summed E-state index contributed by atoms with van der Waals surface area (Å²) in [5, 5.41) is 23.6.